The van der Waals surface area contributed by atoms with Gasteiger partial charge in [0.15, 0.2) is 0 Å². The standard InChI is InChI=1S/C9H16O/c1-3-8-10-9(2)6-4-5-7-9/h3H,1,4-8H2,2H3. The largest absolute Gasteiger partial charge is 0.371 e. The molecule has 1 aliphatic carbocycles. The van der Waals surface area contributed by atoms with Crippen LogP contribution in [0, 0.1) is 0 Å². The zero-order chi connectivity index (χ0) is 7.45. The maximum absolute atomic E-state index is 5.62. The molecule has 0 amide bonds. The third-order valence-corrected chi connectivity index (χ3v) is 2.21. The molecule has 58 valence electrons. The lowest BCUT2D eigenvalue weighted by atomic mass is 10.1. The van der Waals surface area contributed by atoms with Gasteiger partial charge in [0.05, 0.1) is 12.2 Å². The molecule has 0 N–H and O–H groups in total. The number of hydrogen-bond donors (Lipinski definition) is 0. The van der Waals surface area contributed by atoms with Crippen LogP contribution in [0.1, 0.15) is 32.6 Å². The summed E-state index contributed by atoms with van der Waals surface area (Å²) >= 11 is 0. The van der Waals surface area contributed by atoms with E-state index >= 15 is 0 Å². The minimum atomic E-state index is 0.175. The Balaban J connectivity index is 2.28. The van der Waals surface area contributed by atoms with E-state index in [0.29, 0.717) is 6.61 Å². The first-order chi connectivity index (χ1) is 4.77. The van der Waals surface area contributed by atoms with Crippen LogP contribution in [0.3, 0.4) is 0 Å². The molecule has 10 heavy (non-hydrogen) atoms. The van der Waals surface area contributed by atoms with Gasteiger partial charge in [-0.05, 0) is 19.8 Å². The van der Waals surface area contributed by atoms with Gasteiger partial charge in [-0.2, -0.15) is 0 Å². The second-order valence-electron chi connectivity index (χ2n) is 3.26. The first kappa shape index (κ1) is 7.80. The van der Waals surface area contributed by atoms with Gasteiger partial charge in [0.1, 0.15) is 0 Å². The van der Waals surface area contributed by atoms with Crippen molar-refractivity contribution in [2.24, 2.45) is 0 Å². The first-order valence-electron chi connectivity index (χ1n) is 4.02. The van der Waals surface area contributed by atoms with Crippen molar-refractivity contribution in [3.63, 3.8) is 0 Å². The summed E-state index contributed by atoms with van der Waals surface area (Å²) in [4.78, 5) is 0. The van der Waals surface area contributed by atoms with E-state index in [-0.39, 0.29) is 5.60 Å². The minimum absolute atomic E-state index is 0.175. The van der Waals surface area contributed by atoms with Gasteiger partial charge in [0.2, 0.25) is 0 Å². The van der Waals surface area contributed by atoms with E-state index in [2.05, 4.69) is 13.5 Å². The highest BCUT2D eigenvalue weighted by molar-refractivity contribution is 4.82. The van der Waals surface area contributed by atoms with Gasteiger partial charge in [0.25, 0.3) is 0 Å². The summed E-state index contributed by atoms with van der Waals surface area (Å²) in [5.41, 5.74) is 0.175. The van der Waals surface area contributed by atoms with Crippen LogP contribution in [0.15, 0.2) is 12.7 Å². The molecule has 1 rings (SSSR count). The molecule has 1 saturated carbocycles. The lowest BCUT2D eigenvalue weighted by molar-refractivity contribution is -0.00995. The van der Waals surface area contributed by atoms with Crippen molar-refractivity contribution < 1.29 is 4.74 Å². The summed E-state index contributed by atoms with van der Waals surface area (Å²) < 4.78 is 5.62. The van der Waals surface area contributed by atoms with Crippen LogP contribution >= 0.6 is 0 Å². The molecule has 0 aromatic heterocycles. The quantitative estimate of drug-likeness (QED) is 0.547. The molecule has 1 heteroatoms. The van der Waals surface area contributed by atoms with E-state index in [1.165, 1.54) is 25.7 Å². The Labute approximate surface area is 63.1 Å². The lowest BCUT2D eigenvalue weighted by Crippen LogP contribution is -2.24. The van der Waals surface area contributed by atoms with Crippen LogP contribution in [0.4, 0.5) is 0 Å². The molecule has 1 aliphatic rings. The average Bonchev–Trinajstić information content (AvgIpc) is 2.33. The molecule has 0 spiro atoms. The van der Waals surface area contributed by atoms with Crippen molar-refractivity contribution in [3.05, 3.63) is 12.7 Å². The molecule has 0 aromatic rings. The van der Waals surface area contributed by atoms with Crippen LogP contribution < -0.4 is 0 Å². The highest BCUT2D eigenvalue weighted by Gasteiger charge is 2.28. The monoisotopic (exact) mass is 140 g/mol. The summed E-state index contributed by atoms with van der Waals surface area (Å²) in [6.45, 7) is 6.53. The molecule has 0 radical (unpaired) electrons. The van der Waals surface area contributed by atoms with Gasteiger partial charge in [-0.15, -0.1) is 6.58 Å². The summed E-state index contributed by atoms with van der Waals surface area (Å²) in [5, 5.41) is 0. The van der Waals surface area contributed by atoms with Crippen LogP contribution in [0.5, 0.6) is 0 Å². The fourth-order valence-electron chi connectivity index (χ4n) is 1.53. The van der Waals surface area contributed by atoms with Crippen LogP contribution in [0.25, 0.3) is 0 Å². The van der Waals surface area contributed by atoms with E-state index in [1.54, 1.807) is 0 Å². The third-order valence-electron chi connectivity index (χ3n) is 2.21. The van der Waals surface area contributed by atoms with Crippen molar-refractivity contribution in [2.75, 3.05) is 6.61 Å². The second kappa shape index (κ2) is 3.20. The van der Waals surface area contributed by atoms with Gasteiger partial charge >= 0.3 is 0 Å². The number of rotatable bonds is 3. The van der Waals surface area contributed by atoms with E-state index in [0.717, 1.165) is 0 Å². The van der Waals surface area contributed by atoms with Crippen LogP contribution in [0.2, 0.25) is 0 Å². The van der Waals surface area contributed by atoms with Crippen molar-refractivity contribution in [3.8, 4) is 0 Å². The van der Waals surface area contributed by atoms with Gasteiger partial charge < -0.3 is 4.74 Å². The van der Waals surface area contributed by atoms with Gasteiger partial charge in [0, 0.05) is 0 Å². The Morgan fingerprint density at radius 2 is 2.10 bits per heavy atom. The molecule has 0 bridgehead atoms. The number of hydrogen-bond acceptors (Lipinski definition) is 1. The topological polar surface area (TPSA) is 9.23 Å². The van der Waals surface area contributed by atoms with Crippen molar-refractivity contribution in [2.45, 2.75) is 38.2 Å². The fourth-order valence-corrected chi connectivity index (χ4v) is 1.53. The molecular weight excluding hydrogens is 124 g/mol. The summed E-state index contributed by atoms with van der Waals surface area (Å²) in [6.07, 6.45) is 6.92. The molecule has 0 aromatic carbocycles. The Morgan fingerprint density at radius 3 is 2.60 bits per heavy atom. The summed E-state index contributed by atoms with van der Waals surface area (Å²) in [7, 11) is 0. The van der Waals surface area contributed by atoms with Gasteiger partial charge in [-0.3, -0.25) is 0 Å². The van der Waals surface area contributed by atoms with Gasteiger partial charge in [-0.1, -0.05) is 18.9 Å². The van der Waals surface area contributed by atoms with Crippen molar-refractivity contribution in [1.29, 1.82) is 0 Å². The second-order valence-corrected chi connectivity index (χ2v) is 3.26. The molecule has 0 saturated heterocycles. The third kappa shape index (κ3) is 1.84. The highest BCUT2D eigenvalue weighted by atomic mass is 16.5. The minimum Gasteiger partial charge on any atom is -0.371 e. The summed E-state index contributed by atoms with van der Waals surface area (Å²) in [6, 6.07) is 0. The Kier molecular flexibility index (Phi) is 2.50. The van der Waals surface area contributed by atoms with Gasteiger partial charge in [-0.25, -0.2) is 0 Å². The van der Waals surface area contributed by atoms with Crippen LogP contribution in [-0.2, 0) is 4.74 Å². The normalized spacial score (nSPS) is 22.9. The molecule has 0 heterocycles. The van der Waals surface area contributed by atoms with E-state index < -0.39 is 0 Å². The Bertz CT molecular complexity index is 112. The van der Waals surface area contributed by atoms with Crippen LogP contribution in [-0.4, -0.2) is 12.2 Å². The van der Waals surface area contributed by atoms with E-state index in [4.69, 9.17) is 4.74 Å². The Morgan fingerprint density at radius 1 is 1.50 bits per heavy atom. The predicted molar refractivity (Wildman–Crippen MR) is 43.0 cm³/mol. The smallest absolute Gasteiger partial charge is 0.0658 e. The molecule has 0 aliphatic heterocycles. The lowest BCUT2D eigenvalue weighted by Gasteiger charge is -2.22. The molecular formula is C9H16O. The predicted octanol–water partition coefficient (Wildman–Crippen LogP) is 2.52. The maximum Gasteiger partial charge on any atom is 0.0658 e. The average molecular weight is 140 g/mol. The SMILES string of the molecule is C=CCOC1(C)CCCC1. The molecule has 1 fully saturated rings. The maximum atomic E-state index is 5.62. The summed E-state index contributed by atoms with van der Waals surface area (Å²) in [5.74, 6) is 0. The van der Waals surface area contributed by atoms with E-state index in [9.17, 15) is 0 Å². The van der Waals surface area contributed by atoms with Crippen molar-refractivity contribution >= 4 is 0 Å². The first-order valence-corrected chi connectivity index (χ1v) is 4.02. The molecule has 0 atom stereocenters. The van der Waals surface area contributed by atoms with E-state index in [1.807, 2.05) is 6.08 Å². The number of ether oxygens (including phenoxy) is 1. The van der Waals surface area contributed by atoms with Crippen molar-refractivity contribution in [1.82, 2.24) is 0 Å². The molecule has 1 nitrogen and oxygen atoms in total. The zero-order valence-corrected chi connectivity index (χ0v) is 6.73. The fraction of sp³-hybridized carbons (Fsp3) is 0.778. The molecule has 0 unspecified atom stereocenters. The highest BCUT2D eigenvalue weighted by Crippen LogP contribution is 2.32. The Hall–Kier alpha value is -0.300. The zero-order valence-electron chi connectivity index (χ0n) is 6.73.